The zero-order chi connectivity index (χ0) is 16.0. The normalized spacial score (nSPS) is 30.5. The maximum Gasteiger partial charge on any atom is 0.326 e. The Morgan fingerprint density at radius 2 is 2.00 bits per heavy atom. The Labute approximate surface area is 130 Å². The molecule has 0 aromatic rings. The van der Waals surface area contributed by atoms with Gasteiger partial charge in [0.2, 0.25) is 0 Å². The second-order valence-electron chi connectivity index (χ2n) is 6.84. The first-order chi connectivity index (χ1) is 9.82. The van der Waals surface area contributed by atoms with E-state index in [9.17, 15) is 4.79 Å². The molecule has 1 N–H and O–H groups in total. The minimum absolute atomic E-state index is 0.0393. The number of likely N-dealkylation sites (N-methyl/N-ethyl adjacent to an activating group) is 1. The van der Waals surface area contributed by atoms with Crippen molar-refractivity contribution in [3.8, 4) is 0 Å². The quantitative estimate of drug-likeness (QED) is 0.734. The van der Waals surface area contributed by atoms with E-state index >= 15 is 0 Å². The molecule has 0 spiro atoms. The summed E-state index contributed by atoms with van der Waals surface area (Å²) < 4.78 is 11.4. The van der Waals surface area contributed by atoms with Gasteiger partial charge in [-0.3, -0.25) is 4.79 Å². The molecule has 0 aromatic heterocycles. The summed E-state index contributed by atoms with van der Waals surface area (Å²) in [6.45, 7) is 10.8. The summed E-state index contributed by atoms with van der Waals surface area (Å²) >= 11 is 0. The molecule has 0 heterocycles. The Morgan fingerprint density at radius 1 is 1.33 bits per heavy atom. The van der Waals surface area contributed by atoms with Gasteiger partial charge in [0.15, 0.2) is 0 Å². The Morgan fingerprint density at radius 3 is 2.52 bits per heavy atom. The van der Waals surface area contributed by atoms with Crippen LogP contribution in [0.25, 0.3) is 0 Å². The number of hydrogen-bond donors (Lipinski definition) is 1. The van der Waals surface area contributed by atoms with Gasteiger partial charge in [0.1, 0.15) is 5.54 Å². The first-order valence-electron chi connectivity index (χ1n) is 8.34. The standard InChI is InChI=1S/C17H33NO3/c1-7-20-16(19)17(5,18-6)11-14(4)21-15-9-8-12(2)13(3)10-15/h12-15,18H,7-11H2,1-6H3. The summed E-state index contributed by atoms with van der Waals surface area (Å²) in [5.41, 5.74) is -0.678. The molecular weight excluding hydrogens is 266 g/mol. The first-order valence-corrected chi connectivity index (χ1v) is 8.34. The highest BCUT2D eigenvalue weighted by atomic mass is 16.5. The minimum atomic E-state index is -0.678. The van der Waals surface area contributed by atoms with E-state index in [0.717, 1.165) is 24.7 Å². The third kappa shape index (κ3) is 5.26. The van der Waals surface area contributed by atoms with Crippen molar-refractivity contribution in [1.29, 1.82) is 0 Å². The second-order valence-corrected chi connectivity index (χ2v) is 6.84. The molecular formula is C17H33NO3. The Balaban J connectivity index is 2.51. The smallest absolute Gasteiger partial charge is 0.326 e. The number of rotatable bonds is 7. The van der Waals surface area contributed by atoms with Gasteiger partial charge in [-0.2, -0.15) is 0 Å². The van der Waals surface area contributed by atoms with Crippen LogP contribution in [-0.4, -0.2) is 37.4 Å². The first kappa shape index (κ1) is 18.4. The van der Waals surface area contributed by atoms with Gasteiger partial charge in [0, 0.05) is 6.42 Å². The number of carbonyl (C=O) groups excluding carboxylic acids is 1. The lowest BCUT2D eigenvalue weighted by molar-refractivity contribution is -0.152. The van der Waals surface area contributed by atoms with E-state index in [0.29, 0.717) is 19.1 Å². The highest BCUT2D eigenvalue weighted by Crippen LogP contribution is 2.32. The zero-order valence-corrected chi connectivity index (χ0v) is 14.6. The van der Waals surface area contributed by atoms with Crippen LogP contribution in [0.2, 0.25) is 0 Å². The fourth-order valence-corrected chi connectivity index (χ4v) is 3.15. The fraction of sp³-hybridized carbons (Fsp3) is 0.941. The van der Waals surface area contributed by atoms with E-state index in [2.05, 4.69) is 26.1 Å². The molecule has 0 aromatic carbocycles. The van der Waals surface area contributed by atoms with Crippen LogP contribution >= 0.6 is 0 Å². The predicted octanol–water partition coefficient (Wildman–Crippen LogP) is 3.15. The lowest BCUT2D eigenvalue weighted by Crippen LogP contribution is -2.51. The third-order valence-electron chi connectivity index (χ3n) is 4.95. The van der Waals surface area contributed by atoms with E-state index in [1.54, 1.807) is 7.05 Å². The molecule has 4 heteroatoms. The summed E-state index contributed by atoms with van der Waals surface area (Å²) in [5, 5.41) is 3.09. The van der Waals surface area contributed by atoms with Crippen LogP contribution in [0.15, 0.2) is 0 Å². The summed E-state index contributed by atoms with van der Waals surface area (Å²) in [4.78, 5) is 12.1. The van der Waals surface area contributed by atoms with E-state index in [4.69, 9.17) is 9.47 Å². The molecule has 21 heavy (non-hydrogen) atoms. The van der Waals surface area contributed by atoms with Crippen LogP contribution in [-0.2, 0) is 14.3 Å². The summed E-state index contributed by atoms with van der Waals surface area (Å²) in [7, 11) is 1.80. The molecule has 0 saturated heterocycles. The third-order valence-corrected chi connectivity index (χ3v) is 4.95. The largest absolute Gasteiger partial charge is 0.465 e. The minimum Gasteiger partial charge on any atom is -0.465 e. The molecule has 0 aliphatic heterocycles. The Bertz CT molecular complexity index is 334. The van der Waals surface area contributed by atoms with E-state index in [1.807, 2.05) is 13.8 Å². The molecule has 0 radical (unpaired) electrons. The average Bonchev–Trinajstić information content (AvgIpc) is 2.43. The Kier molecular flexibility index (Phi) is 7.14. The molecule has 124 valence electrons. The summed E-state index contributed by atoms with van der Waals surface area (Å²) in [5.74, 6) is 1.31. The zero-order valence-electron chi connectivity index (χ0n) is 14.6. The van der Waals surface area contributed by atoms with Crippen LogP contribution in [0.3, 0.4) is 0 Å². The number of carbonyl (C=O) groups is 1. The van der Waals surface area contributed by atoms with Crippen LogP contribution < -0.4 is 5.32 Å². The predicted molar refractivity (Wildman–Crippen MR) is 85.2 cm³/mol. The van der Waals surface area contributed by atoms with Crippen LogP contribution in [0.5, 0.6) is 0 Å². The number of esters is 1. The number of nitrogens with one attached hydrogen (secondary N) is 1. The van der Waals surface area contributed by atoms with Crippen LogP contribution in [0, 0.1) is 11.8 Å². The molecule has 1 aliphatic rings. The van der Waals surface area contributed by atoms with Gasteiger partial charge in [-0.1, -0.05) is 13.8 Å². The van der Waals surface area contributed by atoms with E-state index in [-0.39, 0.29) is 12.1 Å². The lowest BCUT2D eigenvalue weighted by Gasteiger charge is -2.35. The summed E-state index contributed by atoms with van der Waals surface area (Å²) in [6.07, 6.45) is 4.49. The van der Waals surface area contributed by atoms with Gasteiger partial charge in [-0.25, -0.2) is 0 Å². The van der Waals surface area contributed by atoms with Crippen molar-refractivity contribution in [3.63, 3.8) is 0 Å². The van der Waals surface area contributed by atoms with Gasteiger partial charge in [-0.05, 0) is 58.9 Å². The maximum absolute atomic E-state index is 12.1. The average molecular weight is 299 g/mol. The molecule has 1 rings (SSSR count). The molecule has 0 amide bonds. The van der Waals surface area contributed by atoms with Gasteiger partial charge >= 0.3 is 5.97 Å². The monoisotopic (exact) mass is 299 g/mol. The molecule has 4 nitrogen and oxygen atoms in total. The van der Waals surface area contributed by atoms with Crippen molar-refractivity contribution in [2.75, 3.05) is 13.7 Å². The highest BCUT2D eigenvalue weighted by Gasteiger charge is 2.36. The number of ether oxygens (including phenoxy) is 2. The maximum atomic E-state index is 12.1. The fourth-order valence-electron chi connectivity index (χ4n) is 3.15. The molecule has 5 unspecified atom stereocenters. The second kappa shape index (κ2) is 8.14. The van der Waals surface area contributed by atoms with Crippen LogP contribution in [0.1, 0.15) is 60.3 Å². The molecule has 5 atom stereocenters. The van der Waals surface area contributed by atoms with Crippen LogP contribution in [0.4, 0.5) is 0 Å². The van der Waals surface area contributed by atoms with Crippen molar-refractivity contribution in [2.24, 2.45) is 11.8 Å². The number of hydrogen-bond acceptors (Lipinski definition) is 4. The van der Waals surface area contributed by atoms with E-state index < -0.39 is 5.54 Å². The lowest BCUT2D eigenvalue weighted by atomic mass is 9.80. The molecule has 1 saturated carbocycles. The van der Waals surface area contributed by atoms with Crippen molar-refractivity contribution in [3.05, 3.63) is 0 Å². The van der Waals surface area contributed by atoms with Crippen molar-refractivity contribution in [1.82, 2.24) is 5.32 Å². The van der Waals surface area contributed by atoms with Gasteiger partial charge in [0.25, 0.3) is 0 Å². The van der Waals surface area contributed by atoms with Gasteiger partial charge in [-0.15, -0.1) is 0 Å². The van der Waals surface area contributed by atoms with Crippen molar-refractivity contribution < 1.29 is 14.3 Å². The SMILES string of the molecule is CCOC(=O)C(C)(CC(C)OC1CCC(C)C(C)C1)NC. The van der Waals surface area contributed by atoms with Crippen molar-refractivity contribution >= 4 is 5.97 Å². The topological polar surface area (TPSA) is 47.6 Å². The highest BCUT2D eigenvalue weighted by molar-refractivity contribution is 5.80. The summed E-state index contributed by atoms with van der Waals surface area (Å²) in [6, 6.07) is 0. The van der Waals surface area contributed by atoms with Gasteiger partial charge in [0.05, 0.1) is 18.8 Å². The van der Waals surface area contributed by atoms with Crippen molar-refractivity contribution in [2.45, 2.75) is 78.0 Å². The van der Waals surface area contributed by atoms with Gasteiger partial charge < -0.3 is 14.8 Å². The molecule has 0 bridgehead atoms. The Hall–Kier alpha value is -0.610. The molecule has 1 fully saturated rings. The molecule has 1 aliphatic carbocycles. The van der Waals surface area contributed by atoms with E-state index in [1.165, 1.54) is 6.42 Å².